The first-order valence-electron chi connectivity index (χ1n) is 4.90. The molecule has 0 saturated carbocycles. The molecule has 2 heterocycles. The van der Waals surface area contributed by atoms with Gasteiger partial charge >= 0.3 is 0 Å². The third kappa shape index (κ3) is 2.76. The van der Waals surface area contributed by atoms with E-state index in [4.69, 9.17) is 11.6 Å². The van der Waals surface area contributed by atoms with E-state index >= 15 is 0 Å². The Kier molecular flexibility index (Phi) is 3.29. The first-order chi connectivity index (χ1) is 8.19. The van der Waals surface area contributed by atoms with Gasteiger partial charge in [-0.1, -0.05) is 6.92 Å². The molecule has 0 aliphatic rings. The number of halogens is 1. The third-order valence-corrected chi connectivity index (χ3v) is 2.12. The van der Waals surface area contributed by atoms with Crippen LogP contribution in [0.25, 0.3) is 0 Å². The SMILES string of the molecule is CCc1nc(C(=O)Nc2ccnc(Cl)n2)n[nH]1. The molecule has 0 spiro atoms. The number of amides is 1. The first-order valence-corrected chi connectivity index (χ1v) is 5.28. The molecule has 0 saturated heterocycles. The van der Waals surface area contributed by atoms with Crippen LogP contribution in [0.2, 0.25) is 5.28 Å². The summed E-state index contributed by atoms with van der Waals surface area (Å²) in [5, 5.41) is 9.01. The Labute approximate surface area is 102 Å². The van der Waals surface area contributed by atoms with Gasteiger partial charge in [0.05, 0.1) is 0 Å². The average molecular weight is 253 g/mol. The number of carbonyl (C=O) groups excluding carboxylic acids is 1. The fraction of sp³-hybridized carbons (Fsp3) is 0.222. The second kappa shape index (κ2) is 4.88. The van der Waals surface area contributed by atoms with Gasteiger partial charge in [-0.25, -0.2) is 15.0 Å². The first kappa shape index (κ1) is 11.5. The summed E-state index contributed by atoms with van der Waals surface area (Å²) in [5.41, 5.74) is 0. The number of anilines is 1. The largest absolute Gasteiger partial charge is 0.304 e. The van der Waals surface area contributed by atoms with Crippen molar-refractivity contribution in [2.45, 2.75) is 13.3 Å². The number of aryl methyl sites for hydroxylation is 1. The zero-order chi connectivity index (χ0) is 12.3. The number of H-pyrrole nitrogens is 1. The van der Waals surface area contributed by atoms with Crippen molar-refractivity contribution in [3.8, 4) is 0 Å². The lowest BCUT2D eigenvalue weighted by atomic mass is 10.4. The monoisotopic (exact) mass is 252 g/mol. The van der Waals surface area contributed by atoms with E-state index in [-0.39, 0.29) is 11.1 Å². The Bertz CT molecular complexity index is 540. The number of nitrogens with one attached hydrogen (secondary N) is 2. The van der Waals surface area contributed by atoms with Gasteiger partial charge in [0.1, 0.15) is 11.6 Å². The molecule has 0 radical (unpaired) electrons. The summed E-state index contributed by atoms with van der Waals surface area (Å²) < 4.78 is 0. The Morgan fingerprint density at radius 1 is 1.53 bits per heavy atom. The van der Waals surface area contributed by atoms with Crippen LogP contribution in [0.5, 0.6) is 0 Å². The topological polar surface area (TPSA) is 96.5 Å². The molecule has 0 bridgehead atoms. The maximum absolute atomic E-state index is 11.7. The van der Waals surface area contributed by atoms with E-state index in [9.17, 15) is 4.79 Å². The van der Waals surface area contributed by atoms with Gasteiger partial charge in [-0.15, -0.1) is 5.10 Å². The Hall–Kier alpha value is -2.02. The summed E-state index contributed by atoms with van der Waals surface area (Å²) in [6, 6.07) is 1.52. The molecule has 1 amide bonds. The van der Waals surface area contributed by atoms with Crippen LogP contribution in [0.4, 0.5) is 5.82 Å². The average Bonchev–Trinajstić information content (AvgIpc) is 2.77. The van der Waals surface area contributed by atoms with E-state index in [1.807, 2.05) is 6.92 Å². The number of carbonyl (C=O) groups is 1. The molecule has 8 heteroatoms. The molecular weight excluding hydrogens is 244 g/mol. The molecule has 2 N–H and O–H groups in total. The van der Waals surface area contributed by atoms with Gasteiger partial charge in [0.25, 0.3) is 5.91 Å². The lowest BCUT2D eigenvalue weighted by Crippen LogP contribution is -2.15. The zero-order valence-corrected chi connectivity index (χ0v) is 9.69. The molecule has 2 aromatic rings. The van der Waals surface area contributed by atoms with Crippen LogP contribution in [-0.2, 0) is 6.42 Å². The normalized spacial score (nSPS) is 10.2. The predicted molar refractivity (Wildman–Crippen MR) is 60.8 cm³/mol. The zero-order valence-electron chi connectivity index (χ0n) is 8.94. The standard InChI is InChI=1S/C9H9ClN6O/c1-2-5-12-7(16-15-5)8(17)13-6-3-4-11-9(10)14-6/h3-4H,2H2,1H3,(H,12,15,16)(H,11,13,14,17). The van der Waals surface area contributed by atoms with Crippen LogP contribution >= 0.6 is 11.6 Å². The molecule has 2 rings (SSSR count). The second-order valence-corrected chi connectivity index (χ2v) is 3.46. The fourth-order valence-corrected chi connectivity index (χ4v) is 1.28. The molecule has 88 valence electrons. The molecule has 0 atom stereocenters. The van der Waals surface area contributed by atoms with Crippen molar-refractivity contribution < 1.29 is 4.79 Å². The molecule has 7 nitrogen and oxygen atoms in total. The van der Waals surface area contributed by atoms with Gasteiger partial charge in [-0.2, -0.15) is 0 Å². The van der Waals surface area contributed by atoms with Gasteiger partial charge in [0.15, 0.2) is 0 Å². The summed E-state index contributed by atoms with van der Waals surface area (Å²) in [4.78, 5) is 23.2. The van der Waals surface area contributed by atoms with Crippen LogP contribution in [0.1, 0.15) is 23.4 Å². The van der Waals surface area contributed by atoms with Crippen molar-refractivity contribution >= 4 is 23.3 Å². The highest BCUT2D eigenvalue weighted by Gasteiger charge is 2.12. The highest BCUT2D eigenvalue weighted by atomic mass is 35.5. The molecular formula is C9H9ClN6O. The summed E-state index contributed by atoms with van der Waals surface area (Å²) >= 11 is 5.59. The minimum absolute atomic E-state index is 0.0621. The predicted octanol–water partition coefficient (Wildman–Crippen LogP) is 1.06. The van der Waals surface area contributed by atoms with Crippen LogP contribution in [0.15, 0.2) is 12.3 Å². The summed E-state index contributed by atoms with van der Waals surface area (Å²) in [7, 11) is 0. The quantitative estimate of drug-likeness (QED) is 0.797. The number of hydrogen-bond acceptors (Lipinski definition) is 5. The number of hydrogen-bond donors (Lipinski definition) is 2. The van der Waals surface area contributed by atoms with E-state index < -0.39 is 5.91 Å². The number of aromatic amines is 1. The molecule has 0 aliphatic carbocycles. The minimum Gasteiger partial charge on any atom is -0.304 e. The number of aromatic nitrogens is 5. The van der Waals surface area contributed by atoms with Crippen molar-refractivity contribution in [2.75, 3.05) is 5.32 Å². The van der Waals surface area contributed by atoms with E-state index in [1.165, 1.54) is 12.3 Å². The molecule has 0 aromatic carbocycles. The van der Waals surface area contributed by atoms with Crippen molar-refractivity contribution in [1.82, 2.24) is 25.1 Å². The maximum atomic E-state index is 11.7. The second-order valence-electron chi connectivity index (χ2n) is 3.12. The van der Waals surface area contributed by atoms with Gasteiger partial charge in [-0.3, -0.25) is 9.89 Å². The van der Waals surface area contributed by atoms with Gasteiger partial charge in [-0.05, 0) is 17.7 Å². The maximum Gasteiger partial charge on any atom is 0.296 e. The highest BCUT2D eigenvalue weighted by Crippen LogP contribution is 2.06. The van der Waals surface area contributed by atoms with Crippen LogP contribution in [-0.4, -0.2) is 31.1 Å². The highest BCUT2D eigenvalue weighted by molar-refractivity contribution is 6.28. The molecule has 0 unspecified atom stereocenters. The minimum atomic E-state index is -0.448. The Morgan fingerprint density at radius 2 is 2.35 bits per heavy atom. The smallest absolute Gasteiger partial charge is 0.296 e. The number of rotatable bonds is 3. The fourth-order valence-electron chi connectivity index (χ4n) is 1.13. The Balaban J connectivity index is 2.11. The summed E-state index contributed by atoms with van der Waals surface area (Å²) in [6.45, 7) is 1.91. The van der Waals surface area contributed by atoms with Crippen molar-refractivity contribution in [3.63, 3.8) is 0 Å². The van der Waals surface area contributed by atoms with E-state index in [1.54, 1.807) is 0 Å². The Morgan fingerprint density at radius 3 is 3.00 bits per heavy atom. The van der Waals surface area contributed by atoms with Gasteiger partial charge < -0.3 is 5.32 Å². The molecule has 17 heavy (non-hydrogen) atoms. The van der Waals surface area contributed by atoms with Crippen LogP contribution in [0, 0.1) is 0 Å². The van der Waals surface area contributed by atoms with Crippen LogP contribution in [0.3, 0.4) is 0 Å². The van der Waals surface area contributed by atoms with Crippen molar-refractivity contribution in [3.05, 3.63) is 29.2 Å². The number of nitrogens with zero attached hydrogens (tertiary/aromatic N) is 4. The third-order valence-electron chi connectivity index (χ3n) is 1.94. The summed E-state index contributed by atoms with van der Waals surface area (Å²) in [5.74, 6) is 0.570. The summed E-state index contributed by atoms with van der Waals surface area (Å²) in [6.07, 6.45) is 2.13. The lowest BCUT2D eigenvalue weighted by Gasteiger charge is -2.00. The molecule has 2 aromatic heterocycles. The van der Waals surface area contributed by atoms with Crippen molar-refractivity contribution in [2.24, 2.45) is 0 Å². The molecule has 0 fully saturated rings. The van der Waals surface area contributed by atoms with Gasteiger partial charge in [0.2, 0.25) is 11.1 Å². The van der Waals surface area contributed by atoms with E-state index in [0.717, 1.165) is 0 Å². The lowest BCUT2D eigenvalue weighted by molar-refractivity contribution is 0.101. The van der Waals surface area contributed by atoms with E-state index in [2.05, 4.69) is 30.5 Å². The van der Waals surface area contributed by atoms with Crippen molar-refractivity contribution in [1.29, 1.82) is 0 Å². The van der Waals surface area contributed by atoms with E-state index in [0.29, 0.717) is 18.1 Å². The van der Waals surface area contributed by atoms with Gasteiger partial charge in [0, 0.05) is 12.6 Å². The van der Waals surface area contributed by atoms with Crippen LogP contribution < -0.4 is 5.32 Å². The molecule has 0 aliphatic heterocycles.